The molecule has 120 valence electrons. The second-order valence-corrected chi connectivity index (χ2v) is 7.71. The Hall–Kier alpha value is -1.24. The molecule has 2 aromatic rings. The number of ether oxygens (including phenoxy) is 2. The maximum atomic E-state index is 12.1. The first-order valence-corrected chi connectivity index (χ1v) is 9.56. The van der Waals surface area contributed by atoms with Crippen molar-refractivity contribution in [3.05, 3.63) is 29.0 Å². The van der Waals surface area contributed by atoms with E-state index < -0.39 is 0 Å². The molecule has 0 aliphatic rings. The highest BCUT2D eigenvalue weighted by molar-refractivity contribution is 7.95. The second kappa shape index (κ2) is 7.85. The molecule has 0 atom stereocenters. The molecule has 7 heteroatoms. The predicted octanol–water partition coefficient (Wildman–Crippen LogP) is 2.72. The first-order chi connectivity index (χ1) is 10.5. The van der Waals surface area contributed by atoms with E-state index in [0.717, 1.165) is 11.3 Å². The van der Waals surface area contributed by atoms with Gasteiger partial charge in [0, 0.05) is 0 Å². The summed E-state index contributed by atoms with van der Waals surface area (Å²) in [4.78, 5) is 16.3. The standard InChI is InChI=1S/C15H20ClN2O3S/c1-4-21-15(19)13-9-11-12(5-6-14(16)17-11)18(13)10-20-7-8-22(2)3/h5-6,9H,4,7-8,10H2,1-3H3/q+1. The smallest absolute Gasteiger partial charge is 0.355 e. The van der Waals surface area contributed by atoms with Crippen molar-refractivity contribution in [3.63, 3.8) is 0 Å². The van der Waals surface area contributed by atoms with E-state index in [4.69, 9.17) is 21.1 Å². The zero-order valence-electron chi connectivity index (χ0n) is 13.0. The molecule has 0 N–H and O–H groups in total. The fourth-order valence-electron chi connectivity index (χ4n) is 2.01. The summed E-state index contributed by atoms with van der Waals surface area (Å²) in [5.41, 5.74) is 1.89. The topological polar surface area (TPSA) is 53.3 Å². The molecule has 22 heavy (non-hydrogen) atoms. The highest BCUT2D eigenvalue weighted by Crippen LogP contribution is 2.21. The summed E-state index contributed by atoms with van der Waals surface area (Å²) < 4.78 is 12.6. The molecule has 0 bridgehead atoms. The van der Waals surface area contributed by atoms with E-state index >= 15 is 0 Å². The lowest BCUT2D eigenvalue weighted by Gasteiger charge is -2.10. The van der Waals surface area contributed by atoms with E-state index in [1.165, 1.54) is 0 Å². The summed E-state index contributed by atoms with van der Waals surface area (Å²) in [6.07, 6.45) is 4.34. The SMILES string of the molecule is CCOC(=O)c1cc2nc(Cl)ccc2n1COCC[S+](C)C. The van der Waals surface area contributed by atoms with Gasteiger partial charge in [-0.15, -0.1) is 0 Å². The minimum atomic E-state index is -0.383. The Morgan fingerprint density at radius 1 is 1.41 bits per heavy atom. The molecule has 2 aromatic heterocycles. The van der Waals surface area contributed by atoms with E-state index in [1.54, 1.807) is 23.6 Å². The van der Waals surface area contributed by atoms with Crippen molar-refractivity contribution in [1.82, 2.24) is 9.55 Å². The molecule has 0 aliphatic carbocycles. The van der Waals surface area contributed by atoms with Crippen molar-refractivity contribution in [1.29, 1.82) is 0 Å². The number of fused-ring (bicyclic) bond motifs is 1. The van der Waals surface area contributed by atoms with Crippen molar-refractivity contribution >= 4 is 39.5 Å². The van der Waals surface area contributed by atoms with E-state index in [1.807, 2.05) is 6.07 Å². The molecule has 5 nitrogen and oxygen atoms in total. The predicted molar refractivity (Wildman–Crippen MR) is 90.7 cm³/mol. The average molecular weight is 344 g/mol. The maximum Gasteiger partial charge on any atom is 0.355 e. The van der Waals surface area contributed by atoms with Crippen molar-refractivity contribution < 1.29 is 14.3 Å². The molecule has 0 aromatic carbocycles. The van der Waals surface area contributed by atoms with Gasteiger partial charge in [-0.1, -0.05) is 11.6 Å². The molecule has 2 heterocycles. The van der Waals surface area contributed by atoms with Crippen LogP contribution in [0.3, 0.4) is 0 Å². The Balaban J connectivity index is 2.27. The maximum absolute atomic E-state index is 12.1. The van der Waals surface area contributed by atoms with E-state index in [9.17, 15) is 4.79 Å². The van der Waals surface area contributed by atoms with E-state index in [0.29, 0.717) is 40.5 Å². The van der Waals surface area contributed by atoms with Gasteiger partial charge in [0.05, 0.1) is 36.8 Å². The summed E-state index contributed by atoms with van der Waals surface area (Å²) >= 11 is 5.92. The first kappa shape index (κ1) is 17.1. The second-order valence-electron chi connectivity index (χ2n) is 4.94. The monoisotopic (exact) mass is 343 g/mol. The number of halogens is 1. The number of hydrogen-bond acceptors (Lipinski definition) is 4. The molecule has 0 saturated heterocycles. The van der Waals surface area contributed by atoms with Crippen LogP contribution < -0.4 is 0 Å². The third-order valence-corrected chi connectivity index (χ3v) is 4.26. The van der Waals surface area contributed by atoms with E-state index in [-0.39, 0.29) is 12.7 Å². The van der Waals surface area contributed by atoms with Gasteiger partial charge < -0.3 is 14.0 Å². The lowest BCUT2D eigenvalue weighted by atomic mass is 10.4. The van der Waals surface area contributed by atoms with Crippen LogP contribution in [-0.2, 0) is 27.1 Å². The number of aromatic nitrogens is 2. The Labute approximate surface area is 137 Å². The zero-order valence-corrected chi connectivity index (χ0v) is 14.5. The summed E-state index contributed by atoms with van der Waals surface area (Å²) in [5, 5.41) is 0.391. The van der Waals surface area contributed by atoms with Crippen LogP contribution >= 0.6 is 11.6 Å². The Kier molecular flexibility index (Phi) is 6.11. The Morgan fingerprint density at radius 3 is 2.86 bits per heavy atom. The molecule has 0 aliphatic heterocycles. The normalized spacial score (nSPS) is 11.3. The number of carbonyl (C=O) groups is 1. The first-order valence-electron chi connectivity index (χ1n) is 6.97. The minimum Gasteiger partial charge on any atom is -0.461 e. The fraction of sp³-hybridized carbons (Fsp3) is 0.467. The number of pyridine rings is 1. The molecule has 0 spiro atoms. The number of esters is 1. The largest absolute Gasteiger partial charge is 0.461 e. The molecule has 0 saturated carbocycles. The van der Waals surface area contributed by atoms with Crippen LogP contribution in [0.5, 0.6) is 0 Å². The van der Waals surface area contributed by atoms with Crippen molar-refractivity contribution in [3.8, 4) is 0 Å². The van der Waals surface area contributed by atoms with Gasteiger partial charge in [-0.2, -0.15) is 0 Å². The third-order valence-electron chi connectivity index (χ3n) is 3.06. The fourth-order valence-corrected chi connectivity index (χ4v) is 2.61. The van der Waals surface area contributed by atoms with Crippen LogP contribution in [0.2, 0.25) is 5.15 Å². The highest BCUT2D eigenvalue weighted by Gasteiger charge is 2.18. The van der Waals surface area contributed by atoms with Gasteiger partial charge in [-0.3, -0.25) is 0 Å². The third kappa shape index (κ3) is 4.15. The summed E-state index contributed by atoms with van der Waals surface area (Å²) in [6, 6.07) is 5.22. The lowest BCUT2D eigenvalue weighted by Crippen LogP contribution is -2.16. The van der Waals surface area contributed by atoms with Crippen LogP contribution in [0.25, 0.3) is 11.0 Å². The lowest BCUT2D eigenvalue weighted by molar-refractivity contribution is 0.0479. The Bertz CT molecular complexity index is 658. The van der Waals surface area contributed by atoms with Crippen molar-refractivity contribution in [2.24, 2.45) is 0 Å². The number of hydrogen-bond donors (Lipinski definition) is 0. The summed E-state index contributed by atoms with van der Waals surface area (Å²) in [7, 11) is 0.333. The average Bonchev–Trinajstić information content (AvgIpc) is 2.81. The van der Waals surface area contributed by atoms with Gasteiger partial charge in [0.15, 0.2) is 0 Å². The number of carbonyl (C=O) groups excluding carboxylic acids is 1. The van der Waals surface area contributed by atoms with Gasteiger partial charge in [0.1, 0.15) is 23.3 Å². The molecular weight excluding hydrogens is 324 g/mol. The van der Waals surface area contributed by atoms with Crippen LogP contribution in [0.4, 0.5) is 0 Å². The van der Waals surface area contributed by atoms with Gasteiger partial charge in [0.2, 0.25) is 0 Å². The highest BCUT2D eigenvalue weighted by atomic mass is 35.5. The minimum absolute atomic E-state index is 0.290. The number of nitrogens with zero attached hydrogens (tertiary/aromatic N) is 2. The molecule has 0 radical (unpaired) electrons. The van der Waals surface area contributed by atoms with Crippen molar-refractivity contribution in [2.45, 2.75) is 13.7 Å². The number of rotatable bonds is 7. The quantitative estimate of drug-likeness (QED) is 0.336. The van der Waals surface area contributed by atoms with Gasteiger partial charge >= 0.3 is 5.97 Å². The summed E-state index contributed by atoms with van der Waals surface area (Å²) in [6.45, 7) is 3.04. The summed E-state index contributed by atoms with van der Waals surface area (Å²) in [5.74, 6) is 0.615. The zero-order chi connectivity index (χ0) is 16.1. The van der Waals surface area contributed by atoms with E-state index in [2.05, 4.69) is 17.5 Å². The molecular formula is C15H20ClN2O3S+. The molecule has 2 rings (SSSR count). The molecule has 0 unspecified atom stereocenters. The molecule has 0 amide bonds. The Morgan fingerprint density at radius 2 is 2.18 bits per heavy atom. The van der Waals surface area contributed by atoms with Gasteiger partial charge in [-0.05, 0) is 36.0 Å². The van der Waals surface area contributed by atoms with Gasteiger partial charge in [0.25, 0.3) is 0 Å². The van der Waals surface area contributed by atoms with Crippen LogP contribution in [0, 0.1) is 0 Å². The van der Waals surface area contributed by atoms with Gasteiger partial charge in [-0.25, -0.2) is 9.78 Å². The van der Waals surface area contributed by atoms with Crippen molar-refractivity contribution in [2.75, 3.05) is 31.5 Å². The molecule has 0 fully saturated rings. The van der Waals surface area contributed by atoms with Crippen LogP contribution in [0.15, 0.2) is 18.2 Å². The van der Waals surface area contributed by atoms with Crippen LogP contribution in [0.1, 0.15) is 17.4 Å². The van der Waals surface area contributed by atoms with Crippen LogP contribution in [-0.4, -0.2) is 47.0 Å².